The number of fused-ring (bicyclic) bond motifs is 1. The van der Waals surface area contributed by atoms with E-state index in [4.69, 9.17) is 11.6 Å². The number of H-pyrrole nitrogens is 1. The van der Waals surface area contributed by atoms with Gasteiger partial charge in [0.1, 0.15) is 11.6 Å². The Hall–Kier alpha value is -3.88. The van der Waals surface area contributed by atoms with Crippen LogP contribution in [0.2, 0.25) is 5.02 Å². The van der Waals surface area contributed by atoms with E-state index in [1.807, 2.05) is 48.5 Å². The molecule has 0 spiro atoms. The van der Waals surface area contributed by atoms with Gasteiger partial charge in [0, 0.05) is 10.7 Å². The fraction of sp³-hybridized carbons (Fsp3) is 0. The third kappa shape index (κ3) is 3.75. The number of pyridine rings is 1. The average Bonchev–Trinajstić information content (AvgIpc) is 2.74. The van der Waals surface area contributed by atoms with Crippen LogP contribution in [0.25, 0.3) is 22.0 Å². The number of nitrogens with one attached hydrogen (secondary N) is 2. The molecule has 0 radical (unpaired) electrons. The number of carbonyl (C=O) groups is 1. The number of halogens is 1. The average molecular weight is 400 g/mol. The van der Waals surface area contributed by atoms with Crippen LogP contribution in [0.1, 0.15) is 15.9 Å². The fourth-order valence-electron chi connectivity index (χ4n) is 3.09. The van der Waals surface area contributed by atoms with Crippen molar-refractivity contribution < 1.29 is 4.79 Å². The lowest BCUT2D eigenvalue weighted by Crippen LogP contribution is -2.23. The molecule has 29 heavy (non-hydrogen) atoms. The van der Waals surface area contributed by atoms with E-state index in [1.54, 1.807) is 12.1 Å². The molecule has 0 saturated carbocycles. The summed E-state index contributed by atoms with van der Waals surface area (Å²) in [6.07, 6.45) is 0. The molecule has 140 valence electrons. The van der Waals surface area contributed by atoms with E-state index >= 15 is 0 Å². The zero-order valence-corrected chi connectivity index (χ0v) is 15.8. The summed E-state index contributed by atoms with van der Waals surface area (Å²) in [5.41, 5.74) is 1.41. The van der Waals surface area contributed by atoms with Crippen molar-refractivity contribution >= 4 is 34.0 Å². The molecule has 0 bridgehead atoms. The van der Waals surface area contributed by atoms with E-state index < -0.39 is 11.5 Å². The minimum Gasteiger partial charge on any atom is -0.321 e. The first-order chi connectivity index (χ1) is 14.0. The predicted molar refractivity (Wildman–Crippen MR) is 114 cm³/mol. The van der Waals surface area contributed by atoms with Crippen LogP contribution in [0.5, 0.6) is 0 Å². The monoisotopic (exact) mass is 399 g/mol. The maximum Gasteiger partial charge on any atom is 0.261 e. The number of aromatic nitrogens is 1. The van der Waals surface area contributed by atoms with Gasteiger partial charge in [0.15, 0.2) is 0 Å². The molecule has 4 aromatic rings. The Morgan fingerprint density at radius 1 is 0.966 bits per heavy atom. The van der Waals surface area contributed by atoms with Crippen molar-refractivity contribution in [3.63, 3.8) is 0 Å². The largest absolute Gasteiger partial charge is 0.321 e. The van der Waals surface area contributed by atoms with E-state index in [0.717, 1.165) is 16.3 Å². The zero-order valence-electron chi connectivity index (χ0n) is 15.1. The third-order valence-corrected chi connectivity index (χ3v) is 4.80. The van der Waals surface area contributed by atoms with Crippen molar-refractivity contribution in [3.05, 3.63) is 99.3 Å². The van der Waals surface area contributed by atoms with Crippen LogP contribution in [-0.4, -0.2) is 10.9 Å². The number of rotatable bonds is 3. The van der Waals surface area contributed by atoms with E-state index in [9.17, 15) is 14.9 Å². The molecular weight excluding hydrogens is 386 g/mol. The quantitative estimate of drug-likeness (QED) is 0.509. The number of aromatic amines is 1. The van der Waals surface area contributed by atoms with Crippen LogP contribution in [0, 0.1) is 11.3 Å². The molecule has 4 rings (SSSR count). The smallest absolute Gasteiger partial charge is 0.261 e. The van der Waals surface area contributed by atoms with Crippen LogP contribution in [0.15, 0.2) is 77.6 Å². The van der Waals surface area contributed by atoms with E-state index in [2.05, 4.69) is 10.3 Å². The number of nitrogens with zero attached hydrogens (tertiary/aromatic N) is 1. The van der Waals surface area contributed by atoms with Gasteiger partial charge in [-0.3, -0.25) is 9.59 Å². The molecule has 3 aromatic carbocycles. The van der Waals surface area contributed by atoms with Crippen molar-refractivity contribution in [3.8, 4) is 17.3 Å². The molecular formula is C23H14ClN3O2. The van der Waals surface area contributed by atoms with Gasteiger partial charge >= 0.3 is 0 Å². The lowest BCUT2D eigenvalue weighted by atomic mass is 10.0. The summed E-state index contributed by atoms with van der Waals surface area (Å²) in [6, 6.07) is 23.5. The minimum absolute atomic E-state index is 0.0478. The Kier molecular flexibility index (Phi) is 4.86. The van der Waals surface area contributed by atoms with Crippen LogP contribution < -0.4 is 10.9 Å². The summed E-state index contributed by atoms with van der Waals surface area (Å²) in [7, 11) is 0. The van der Waals surface area contributed by atoms with Gasteiger partial charge < -0.3 is 10.3 Å². The first-order valence-corrected chi connectivity index (χ1v) is 9.16. The molecule has 0 unspecified atom stereocenters. The SMILES string of the molecule is N#Cc1cc(Cl)ccc1NC(=O)c1ccc(-c2ccc3ccccc3c2)[nH]c1=O. The van der Waals surface area contributed by atoms with Gasteiger partial charge in [0.25, 0.3) is 11.5 Å². The fourth-order valence-corrected chi connectivity index (χ4v) is 3.26. The first kappa shape index (κ1) is 18.5. The summed E-state index contributed by atoms with van der Waals surface area (Å²) in [5, 5.41) is 14.3. The number of benzene rings is 3. The van der Waals surface area contributed by atoms with Gasteiger partial charge in [0.2, 0.25) is 0 Å². The van der Waals surface area contributed by atoms with Crippen molar-refractivity contribution in [1.82, 2.24) is 4.98 Å². The number of nitriles is 1. The lowest BCUT2D eigenvalue weighted by molar-refractivity contribution is 0.102. The van der Waals surface area contributed by atoms with Crippen LogP contribution in [-0.2, 0) is 0 Å². The van der Waals surface area contributed by atoms with Crippen molar-refractivity contribution in [2.24, 2.45) is 0 Å². The normalized spacial score (nSPS) is 10.5. The second-order valence-corrected chi connectivity index (χ2v) is 6.87. The molecule has 5 nitrogen and oxygen atoms in total. The molecule has 2 N–H and O–H groups in total. The summed E-state index contributed by atoms with van der Waals surface area (Å²) >= 11 is 5.87. The highest BCUT2D eigenvalue weighted by Gasteiger charge is 2.14. The van der Waals surface area contributed by atoms with Gasteiger partial charge in [-0.2, -0.15) is 5.26 Å². The molecule has 0 fully saturated rings. The molecule has 0 saturated heterocycles. The molecule has 1 heterocycles. The van der Waals surface area contributed by atoms with Gasteiger partial charge in [-0.25, -0.2) is 0 Å². The van der Waals surface area contributed by atoms with Crippen LogP contribution in [0.3, 0.4) is 0 Å². The zero-order chi connectivity index (χ0) is 20.4. The Morgan fingerprint density at radius 2 is 1.76 bits per heavy atom. The van der Waals surface area contributed by atoms with Gasteiger partial charge in [-0.15, -0.1) is 0 Å². The standard InChI is InChI=1S/C23H14ClN3O2/c24-18-7-9-21(17(12-18)13-25)27-23(29)19-8-10-20(26-22(19)28)16-6-5-14-3-1-2-4-15(14)11-16/h1-12H,(H,26,28)(H,27,29). The predicted octanol–water partition coefficient (Wildman–Crippen LogP) is 4.97. The summed E-state index contributed by atoms with van der Waals surface area (Å²) in [4.78, 5) is 27.8. The third-order valence-electron chi connectivity index (χ3n) is 4.56. The molecule has 1 aromatic heterocycles. The summed E-state index contributed by atoms with van der Waals surface area (Å²) in [5.74, 6) is -0.602. The number of hydrogen-bond acceptors (Lipinski definition) is 3. The summed E-state index contributed by atoms with van der Waals surface area (Å²) in [6.45, 7) is 0. The Labute approximate surface area is 171 Å². The highest BCUT2D eigenvalue weighted by Crippen LogP contribution is 2.23. The van der Waals surface area contributed by atoms with Crippen LogP contribution in [0.4, 0.5) is 5.69 Å². The Bertz CT molecular complexity index is 1350. The number of hydrogen-bond donors (Lipinski definition) is 2. The highest BCUT2D eigenvalue weighted by molar-refractivity contribution is 6.30. The number of amides is 1. The topological polar surface area (TPSA) is 85.8 Å². The second kappa shape index (κ2) is 7.63. The van der Waals surface area contributed by atoms with Gasteiger partial charge in [-0.1, -0.05) is 48.0 Å². The first-order valence-electron chi connectivity index (χ1n) is 8.78. The molecule has 1 amide bonds. The van der Waals surface area contributed by atoms with E-state index in [1.165, 1.54) is 18.2 Å². The Morgan fingerprint density at radius 3 is 2.52 bits per heavy atom. The van der Waals surface area contributed by atoms with Crippen molar-refractivity contribution in [2.75, 3.05) is 5.32 Å². The van der Waals surface area contributed by atoms with Gasteiger partial charge in [0.05, 0.1) is 11.3 Å². The second-order valence-electron chi connectivity index (χ2n) is 6.43. The number of carbonyl (C=O) groups excluding carboxylic acids is 1. The lowest BCUT2D eigenvalue weighted by Gasteiger charge is -2.08. The van der Waals surface area contributed by atoms with Crippen LogP contribution >= 0.6 is 11.6 Å². The van der Waals surface area contributed by atoms with E-state index in [0.29, 0.717) is 16.4 Å². The maximum absolute atomic E-state index is 12.5. The molecule has 6 heteroatoms. The van der Waals surface area contributed by atoms with Crippen molar-refractivity contribution in [1.29, 1.82) is 5.26 Å². The molecule has 0 aliphatic heterocycles. The molecule has 0 aliphatic rings. The van der Waals surface area contributed by atoms with E-state index in [-0.39, 0.29) is 11.1 Å². The minimum atomic E-state index is -0.602. The maximum atomic E-state index is 12.5. The summed E-state index contributed by atoms with van der Waals surface area (Å²) < 4.78 is 0. The Balaban J connectivity index is 1.64. The molecule has 0 aliphatic carbocycles. The number of anilines is 1. The molecule has 0 atom stereocenters. The van der Waals surface area contributed by atoms with Gasteiger partial charge in [-0.05, 0) is 52.7 Å². The highest BCUT2D eigenvalue weighted by atomic mass is 35.5. The van der Waals surface area contributed by atoms with Crippen molar-refractivity contribution in [2.45, 2.75) is 0 Å².